The average molecular weight is 229 g/mol. The Morgan fingerprint density at radius 1 is 1.19 bits per heavy atom. The van der Waals surface area contributed by atoms with Crippen molar-refractivity contribution >= 4 is 0 Å². The Kier molecular flexibility index (Phi) is 4.55. The fourth-order valence-corrected chi connectivity index (χ4v) is 2.54. The van der Waals surface area contributed by atoms with Gasteiger partial charge in [0.25, 0.3) is 0 Å². The number of β-amino-alcohol motifs (C(OH)–C–C–N with tert-alkyl or cyclic N) is 2. The van der Waals surface area contributed by atoms with Gasteiger partial charge in [-0.05, 0) is 38.3 Å². The largest absolute Gasteiger partial charge is 0.377 e. The molecule has 0 saturated carbocycles. The SMILES string of the molecule is OC1CN(CCC2CCNCC2)C(O)CN1. The predicted molar refractivity (Wildman–Crippen MR) is 61.8 cm³/mol. The van der Waals surface area contributed by atoms with Crippen LogP contribution >= 0.6 is 0 Å². The number of aliphatic hydroxyl groups is 2. The fourth-order valence-electron chi connectivity index (χ4n) is 2.54. The van der Waals surface area contributed by atoms with Crippen LogP contribution in [-0.4, -0.2) is 60.3 Å². The van der Waals surface area contributed by atoms with Crippen LogP contribution in [0, 0.1) is 5.92 Å². The standard InChI is InChI=1S/C11H23N3O2/c15-10-8-14(11(16)7-13-10)6-3-9-1-4-12-5-2-9/h9-13,15-16H,1-8H2. The van der Waals surface area contributed by atoms with Crippen LogP contribution in [0.3, 0.4) is 0 Å². The minimum Gasteiger partial charge on any atom is -0.377 e. The zero-order valence-corrected chi connectivity index (χ0v) is 9.73. The van der Waals surface area contributed by atoms with Gasteiger partial charge in [0.05, 0.1) is 0 Å². The number of piperidine rings is 1. The molecule has 2 fully saturated rings. The first kappa shape index (κ1) is 12.3. The zero-order chi connectivity index (χ0) is 11.4. The molecule has 5 nitrogen and oxygen atoms in total. The van der Waals surface area contributed by atoms with Gasteiger partial charge in [-0.3, -0.25) is 10.2 Å². The van der Waals surface area contributed by atoms with Crippen LogP contribution in [0.5, 0.6) is 0 Å². The van der Waals surface area contributed by atoms with Crippen molar-refractivity contribution < 1.29 is 10.2 Å². The monoisotopic (exact) mass is 229 g/mol. The summed E-state index contributed by atoms with van der Waals surface area (Å²) in [4.78, 5) is 1.98. The molecule has 2 aliphatic rings. The molecule has 0 aliphatic carbocycles. The van der Waals surface area contributed by atoms with E-state index in [-0.39, 0.29) is 0 Å². The summed E-state index contributed by atoms with van der Waals surface area (Å²) in [5.74, 6) is 0.778. The van der Waals surface area contributed by atoms with Crippen LogP contribution in [0.2, 0.25) is 0 Å². The highest BCUT2D eigenvalue weighted by Gasteiger charge is 2.25. The Morgan fingerprint density at radius 3 is 2.69 bits per heavy atom. The highest BCUT2D eigenvalue weighted by molar-refractivity contribution is 4.77. The number of rotatable bonds is 3. The Hall–Kier alpha value is -0.200. The lowest BCUT2D eigenvalue weighted by atomic mass is 9.94. The Labute approximate surface area is 96.8 Å². The maximum Gasteiger partial charge on any atom is 0.120 e. The van der Waals surface area contributed by atoms with E-state index >= 15 is 0 Å². The topological polar surface area (TPSA) is 67.8 Å². The molecule has 0 aromatic rings. The number of hydrogen-bond donors (Lipinski definition) is 4. The van der Waals surface area contributed by atoms with E-state index in [2.05, 4.69) is 10.6 Å². The Morgan fingerprint density at radius 2 is 1.94 bits per heavy atom. The first-order chi connectivity index (χ1) is 7.75. The predicted octanol–water partition coefficient (Wildman–Crippen LogP) is -1.08. The lowest BCUT2D eigenvalue weighted by molar-refractivity contribution is -0.0691. The maximum absolute atomic E-state index is 9.76. The quantitative estimate of drug-likeness (QED) is 0.496. The van der Waals surface area contributed by atoms with E-state index in [4.69, 9.17) is 0 Å². The molecule has 2 saturated heterocycles. The molecule has 2 heterocycles. The molecule has 0 aromatic heterocycles. The summed E-state index contributed by atoms with van der Waals surface area (Å²) in [6, 6.07) is 0. The van der Waals surface area contributed by atoms with Crippen molar-refractivity contribution in [3.63, 3.8) is 0 Å². The summed E-state index contributed by atoms with van der Waals surface area (Å²) < 4.78 is 0. The van der Waals surface area contributed by atoms with Gasteiger partial charge >= 0.3 is 0 Å². The van der Waals surface area contributed by atoms with Gasteiger partial charge in [0, 0.05) is 19.6 Å². The van der Waals surface area contributed by atoms with Gasteiger partial charge in [0.15, 0.2) is 0 Å². The molecule has 16 heavy (non-hydrogen) atoms. The zero-order valence-electron chi connectivity index (χ0n) is 9.73. The minimum atomic E-state index is -0.489. The molecule has 94 valence electrons. The normalized spacial score (nSPS) is 34.1. The molecule has 0 radical (unpaired) electrons. The molecule has 2 rings (SSSR count). The second kappa shape index (κ2) is 5.93. The third-order valence-corrected chi connectivity index (χ3v) is 3.65. The van der Waals surface area contributed by atoms with Crippen molar-refractivity contribution in [2.45, 2.75) is 31.7 Å². The van der Waals surface area contributed by atoms with Gasteiger partial charge < -0.3 is 15.5 Å². The Balaban J connectivity index is 1.71. The van der Waals surface area contributed by atoms with E-state index in [9.17, 15) is 10.2 Å². The third kappa shape index (κ3) is 3.40. The van der Waals surface area contributed by atoms with Crippen LogP contribution in [0.4, 0.5) is 0 Å². The van der Waals surface area contributed by atoms with E-state index < -0.39 is 12.5 Å². The highest BCUT2D eigenvalue weighted by Crippen LogP contribution is 2.17. The van der Waals surface area contributed by atoms with Crippen LogP contribution in [0.25, 0.3) is 0 Å². The molecule has 0 amide bonds. The number of nitrogens with one attached hydrogen (secondary N) is 2. The summed E-state index contributed by atoms with van der Waals surface area (Å²) in [6.07, 6.45) is 2.68. The van der Waals surface area contributed by atoms with Gasteiger partial charge in [-0.1, -0.05) is 0 Å². The summed E-state index contributed by atoms with van der Waals surface area (Å²) >= 11 is 0. The van der Waals surface area contributed by atoms with Crippen molar-refractivity contribution in [2.24, 2.45) is 5.92 Å². The van der Waals surface area contributed by atoms with Crippen molar-refractivity contribution in [1.82, 2.24) is 15.5 Å². The van der Waals surface area contributed by atoms with Crippen molar-refractivity contribution in [2.75, 3.05) is 32.7 Å². The summed E-state index contributed by atoms with van der Waals surface area (Å²) in [5.41, 5.74) is 0. The lowest BCUT2D eigenvalue weighted by Crippen LogP contribution is -2.56. The van der Waals surface area contributed by atoms with Gasteiger partial charge in [0.1, 0.15) is 12.5 Å². The summed E-state index contributed by atoms with van der Waals surface area (Å²) in [7, 11) is 0. The molecule has 0 spiro atoms. The second-order valence-electron chi connectivity index (χ2n) is 4.88. The molecular formula is C11H23N3O2. The van der Waals surface area contributed by atoms with E-state index in [1.807, 2.05) is 4.90 Å². The smallest absolute Gasteiger partial charge is 0.120 e. The van der Waals surface area contributed by atoms with Crippen molar-refractivity contribution in [1.29, 1.82) is 0 Å². The Bertz CT molecular complexity index is 209. The van der Waals surface area contributed by atoms with Gasteiger partial charge in [-0.15, -0.1) is 0 Å². The molecule has 2 aliphatic heterocycles. The summed E-state index contributed by atoms with van der Waals surface area (Å²) in [5, 5.41) is 25.4. The molecule has 4 N–H and O–H groups in total. The average Bonchev–Trinajstić information content (AvgIpc) is 2.32. The highest BCUT2D eigenvalue weighted by atomic mass is 16.3. The van der Waals surface area contributed by atoms with Crippen LogP contribution in [0.15, 0.2) is 0 Å². The number of aliphatic hydroxyl groups excluding tert-OH is 2. The molecule has 0 aromatic carbocycles. The number of nitrogens with zero attached hydrogens (tertiary/aromatic N) is 1. The number of hydrogen-bond acceptors (Lipinski definition) is 5. The lowest BCUT2D eigenvalue weighted by Gasteiger charge is -2.36. The molecular weight excluding hydrogens is 206 g/mol. The number of piperazine rings is 1. The van der Waals surface area contributed by atoms with Crippen LogP contribution in [-0.2, 0) is 0 Å². The van der Waals surface area contributed by atoms with E-state index in [1.54, 1.807) is 0 Å². The van der Waals surface area contributed by atoms with E-state index in [1.165, 1.54) is 12.8 Å². The molecule has 0 bridgehead atoms. The minimum absolute atomic E-state index is 0.440. The summed E-state index contributed by atoms with van der Waals surface area (Å²) in [6.45, 7) is 4.14. The van der Waals surface area contributed by atoms with E-state index in [0.29, 0.717) is 13.1 Å². The van der Waals surface area contributed by atoms with Crippen LogP contribution in [0.1, 0.15) is 19.3 Å². The maximum atomic E-state index is 9.76. The second-order valence-corrected chi connectivity index (χ2v) is 4.88. The van der Waals surface area contributed by atoms with Gasteiger partial charge in [0.2, 0.25) is 0 Å². The van der Waals surface area contributed by atoms with Gasteiger partial charge in [-0.25, -0.2) is 0 Å². The van der Waals surface area contributed by atoms with Crippen molar-refractivity contribution in [3.05, 3.63) is 0 Å². The first-order valence-corrected chi connectivity index (χ1v) is 6.30. The fraction of sp³-hybridized carbons (Fsp3) is 1.00. The van der Waals surface area contributed by atoms with E-state index in [0.717, 1.165) is 32.0 Å². The third-order valence-electron chi connectivity index (χ3n) is 3.65. The van der Waals surface area contributed by atoms with Gasteiger partial charge in [-0.2, -0.15) is 0 Å². The van der Waals surface area contributed by atoms with Crippen LogP contribution < -0.4 is 10.6 Å². The molecule has 5 heteroatoms. The first-order valence-electron chi connectivity index (χ1n) is 6.30. The van der Waals surface area contributed by atoms with Crippen molar-refractivity contribution in [3.8, 4) is 0 Å². The molecule has 2 atom stereocenters. The molecule has 2 unspecified atom stereocenters.